The molecule has 1 N–H and O–H groups in total. The van der Waals surface area contributed by atoms with Crippen molar-refractivity contribution in [1.29, 1.82) is 0 Å². The molecule has 0 saturated heterocycles. The average molecular weight is 368 g/mol. The van der Waals surface area contributed by atoms with Crippen molar-refractivity contribution in [3.63, 3.8) is 0 Å². The first-order chi connectivity index (χ1) is 9.70. The first-order valence-electron chi connectivity index (χ1n) is 5.59. The summed E-state index contributed by atoms with van der Waals surface area (Å²) in [7, 11) is -3.89. The maximum absolute atomic E-state index is 12.2. The van der Waals surface area contributed by atoms with Crippen molar-refractivity contribution in [1.82, 2.24) is 9.71 Å². The minimum Gasteiger partial charge on any atom is -0.258 e. The zero-order valence-electron chi connectivity index (χ0n) is 10.9. The summed E-state index contributed by atoms with van der Waals surface area (Å²) in [5, 5.41) is 13.1. The van der Waals surface area contributed by atoms with Crippen LogP contribution >= 0.6 is 34.3 Å². The molecule has 2 aromatic heterocycles. The van der Waals surface area contributed by atoms with Gasteiger partial charge in [-0.15, -0.1) is 22.7 Å². The number of thiophene rings is 1. The summed E-state index contributed by atoms with van der Waals surface area (Å²) >= 11 is 7.66. The highest BCUT2D eigenvalue weighted by atomic mass is 35.5. The number of nitrogens with one attached hydrogen (secondary N) is 1. The van der Waals surface area contributed by atoms with Crippen LogP contribution in [0.2, 0.25) is 4.34 Å². The van der Waals surface area contributed by atoms with Crippen molar-refractivity contribution in [2.24, 2.45) is 0 Å². The summed E-state index contributed by atoms with van der Waals surface area (Å²) in [6.45, 7) is 3.46. The largest absolute Gasteiger partial charge is 0.300 e. The number of aromatic nitrogens is 1. The van der Waals surface area contributed by atoms with Crippen molar-refractivity contribution in [3.8, 4) is 0 Å². The lowest BCUT2D eigenvalue weighted by Gasteiger charge is -2.10. The summed E-state index contributed by atoms with van der Waals surface area (Å²) in [6, 6.07) is 0.420. The molecule has 2 aromatic rings. The Hall–Kier alpha value is -1.07. The molecule has 2 heterocycles. The monoisotopic (exact) mass is 367 g/mol. The lowest BCUT2D eigenvalue weighted by Crippen LogP contribution is -2.26. The van der Waals surface area contributed by atoms with Crippen molar-refractivity contribution >= 4 is 50.0 Å². The molecule has 0 aliphatic rings. The number of thiazole rings is 1. The van der Waals surface area contributed by atoms with Crippen LogP contribution in [0, 0.1) is 17.0 Å². The zero-order valence-corrected chi connectivity index (χ0v) is 14.1. The fourth-order valence-electron chi connectivity index (χ4n) is 1.51. The summed E-state index contributed by atoms with van der Waals surface area (Å²) in [4.78, 5) is 14.2. The Kier molecular flexibility index (Phi) is 4.63. The molecular weight excluding hydrogens is 358 g/mol. The molecule has 2 rings (SSSR count). The lowest BCUT2D eigenvalue weighted by molar-refractivity contribution is -0.384. The van der Waals surface area contributed by atoms with Crippen LogP contribution in [0.5, 0.6) is 0 Å². The third-order valence-corrected chi connectivity index (χ3v) is 6.94. The fourth-order valence-corrected chi connectivity index (χ4v) is 5.27. The third kappa shape index (κ3) is 3.58. The smallest absolute Gasteiger partial charge is 0.258 e. The number of sulfonamides is 1. The molecule has 1 unspecified atom stereocenters. The van der Waals surface area contributed by atoms with Crippen LogP contribution in [0.15, 0.2) is 15.7 Å². The Balaban J connectivity index is 2.26. The topological polar surface area (TPSA) is 102 Å². The van der Waals surface area contributed by atoms with Crippen LogP contribution < -0.4 is 4.72 Å². The Morgan fingerprint density at radius 3 is 2.67 bits per heavy atom. The normalized spacial score (nSPS) is 13.3. The quantitative estimate of drug-likeness (QED) is 0.646. The van der Waals surface area contributed by atoms with Gasteiger partial charge in [0, 0.05) is 17.1 Å². The second-order valence-corrected chi connectivity index (χ2v) is 8.64. The van der Waals surface area contributed by atoms with Crippen LogP contribution in [-0.4, -0.2) is 18.3 Å². The molecular formula is C10H10ClN3O4S3. The molecule has 0 spiro atoms. The summed E-state index contributed by atoms with van der Waals surface area (Å²) < 4.78 is 26.5. The number of hydrogen-bond donors (Lipinski definition) is 1. The van der Waals surface area contributed by atoms with Crippen molar-refractivity contribution in [3.05, 3.63) is 36.6 Å². The average Bonchev–Trinajstić information content (AvgIpc) is 2.95. The minimum absolute atomic E-state index is 0.168. The van der Waals surface area contributed by atoms with Gasteiger partial charge < -0.3 is 0 Å². The Labute approximate surface area is 133 Å². The van der Waals surface area contributed by atoms with Crippen molar-refractivity contribution in [2.45, 2.75) is 24.1 Å². The molecule has 114 valence electrons. The van der Waals surface area contributed by atoms with Gasteiger partial charge in [0.2, 0.25) is 0 Å². The van der Waals surface area contributed by atoms with Crippen molar-refractivity contribution in [2.75, 3.05) is 0 Å². The first-order valence-corrected chi connectivity index (χ1v) is 9.14. The van der Waals surface area contributed by atoms with Crippen LogP contribution in [0.3, 0.4) is 0 Å². The molecule has 0 bridgehead atoms. The summed E-state index contributed by atoms with van der Waals surface area (Å²) in [5.74, 6) is 0. The van der Waals surface area contributed by atoms with Gasteiger partial charge in [-0.05, 0) is 13.8 Å². The molecule has 0 radical (unpaired) electrons. The van der Waals surface area contributed by atoms with Gasteiger partial charge in [-0.2, -0.15) is 0 Å². The number of nitro groups is 1. The first kappa shape index (κ1) is 16.3. The molecule has 11 heteroatoms. The van der Waals surface area contributed by atoms with E-state index in [4.69, 9.17) is 11.6 Å². The molecule has 0 aliphatic heterocycles. The van der Waals surface area contributed by atoms with E-state index in [0.29, 0.717) is 16.3 Å². The molecule has 7 nitrogen and oxygen atoms in total. The van der Waals surface area contributed by atoms with Gasteiger partial charge in [0.15, 0.2) is 4.34 Å². The van der Waals surface area contributed by atoms with E-state index in [-0.39, 0.29) is 8.55 Å². The van der Waals surface area contributed by atoms with Gasteiger partial charge in [0.25, 0.3) is 15.7 Å². The molecule has 0 aromatic carbocycles. The van der Waals surface area contributed by atoms with E-state index in [2.05, 4.69) is 9.71 Å². The van der Waals surface area contributed by atoms with Gasteiger partial charge in [-0.3, -0.25) is 10.1 Å². The Bertz CT molecular complexity index is 783. The number of rotatable bonds is 5. The SMILES string of the molecule is Cc1csc(C(C)NS(=O)(=O)c2cc([N+](=O)[O-])c(Cl)s2)n1. The van der Waals surface area contributed by atoms with E-state index < -0.39 is 26.7 Å². The minimum atomic E-state index is -3.89. The molecule has 21 heavy (non-hydrogen) atoms. The molecule has 0 aliphatic carbocycles. The van der Waals surface area contributed by atoms with Gasteiger partial charge in [-0.1, -0.05) is 11.6 Å². The van der Waals surface area contributed by atoms with E-state index in [9.17, 15) is 18.5 Å². The lowest BCUT2D eigenvalue weighted by atomic mass is 10.4. The number of hydrogen-bond acceptors (Lipinski definition) is 7. The predicted molar refractivity (Wildman–Crippen MR) is 81.6 cm³/mol. The van der Waals surface area contributed by atoms with Crippen LogP contribution in [0.4, 0.5) is 5.69 Å². The van der Waals surface area contributed by atoms with Crippen LogP contribution in [0.1, 0.15) is 23.7 Å². The maximum atomic E-state index is 12.2. The Morgan fingerprint density at radius 1 is 1.52 bits per heavy atom. The van der Waals surface area contributed by atoms with Gasteiger partial charge in [0.05, 0.1) is 11.0 Å². The molecule has 1 atom stereocenters. The second-order valence-electron chi connectivity index (χ2n) is 4.15. The second kappa shape index (κ2) is 5.97. The molecule has 0 fully saturated rings. The van der Waals surface area contributed by atoms with Crippen LogP contribution in [-0.2, 0) is 10.0 Å². The Morgan fingerprint density at radius 2 is 2.19 bits per heavy atom. The molecule has 0 amide bonds. The fraction of sp³-hybridized carbons (Fsp3) is 0.300. The predicted octanol–water partition coefficient (Wildman–Crippen LogP) is 3.11. The highest BCUT2D eigenvalue weighted by molar-refractivity contribution is 7.91. The number of halogens is 1. The van der Waals surface area contributed by atoms with Crippen LogP contribution in [0.25, 0.3) is 0 Å². The van der Waals surface area contributed by atoms with E-state index in [1.807, 2.05) is 12.3 Å². The van der Waals surface area contributed by atoms with Gasteiger partial charge in [0.1, 0.15) is 9.22 Å². The number of aryl methyl sites for hydroxylation is 1. The standard InChI is InChI=1S/C10H10ClN3O4S3/c1-5-4-19-10(12-5)6(2)13-21(17,18)8-3-7(14(15)16)9(11)20-8/h3-4,6,13H,1-2H3. The van der Waals surface area contributed by atoms with E-state index >= 15 is 0 Å². The van der Waals surface area contributed by atoms with Crippen molar-refractivity contribution < 1.29 is 13.3 Å². The van der Waals surface area contributed by atoms with Gasteiger partial charge >= 0.3 is 0 Å². The van der Waals surface area contributed by atoms with E-state index in [0.717, 1.165) is 11.8 Å². The third-order valence-electron chi connectivity index (χ3n) is 2.45. The number of nitrogens with zero attached hydrogens (tertiary/aromatic N) is 2. The van der Waals surface area contributed by atoms with Gasteiger partial charge in [-0.25, -0.2) is 18.1 Å². The highest BCUT2D eigenvalue weighted by Gasteiger charge is 2.27. The zero-order chi connectivity index (χ0) is 15.8. The molecule has 0 saturated carbocycles. The summed E-state index contributed by atoms with van der Waals surface area (Å²) in [6.07, 6.45) is 0. The van der Waals surface area contributed by atoms with E-state index in [1.54, 1.807) is 6.92 Å². The van der Waals surface area contributed by atoms with E-state index in [1.165, 1.54) is 11.3 Å². The summed E-state index contributed by atoms with van der Waals surface area (Å²) in [5.41, 5.74) is 0.385. The highest BCUT2D eigenvalue weighted by Crippen LogP contribution is 2.36. The maximum Gasteiger partial charge on any atom is 0.300 e.